The van der Waals surface area contributed by atoms with Crippen molar-refractivity contribution in [2.45, 2.75) is 32.7 Å². The number of hydrogen-bond donors (Lipinski definition) is 1. The number of nitrogens with zero attached hydrogens (tertiary/aromatic N) is 1. The lowest BCUT2D eigenvalue weighted by Crippen LogP contribution is -2.38. The van der Waals surface area contributed by atoms with Gasteiger partial charge in [0.05, 0.1) is 5.92 Å². The van der Waals surface area contributed by atoms with E-state index < -0.39 is 0 Å². The van der Waals surface area contributed by atoms with Gasteiger partial charge in [0.15, 0.2) is 0 Å². The van der Waals surface area contributed by atoms with E-state index in [2.05, 4.69) is 21.2 Å². The molecule has 2 amide bonds. The quantitative estimate of drug-likeness (QED) is 0.917. The van der Waals surface area contributed by atoms with Crippen molar-refractivity contribution in [2.75, 3.05) is 11.4 Å². The minimum atomic E-state index is -0.250. The van der Waals surface area contributed by atoms with Crippen molar-refractivity contribution in [3.8, 4) is 0 Å². The normalized spacial score (nSPS) is 20.1. The zero-order valence-electron chi connectivity index (χ0n) is 11.7. The van der Waals surface area contributed by atoms with E-state index >= 15 is 0 Å². The van der Waals surface area contributed by atoms with Gasteiger partial charge in [-0.05, 0) is 37.6 Å². The maximum Gasteiger partial charge on any atom is 0.227 e. The largest absolute Gasteiger partial charge is 0.353 e. The van der Waals surface area contributed by atoms with Crippen molar-refractivity contribution < 1.29 is 9.59 Å². The Balaban J connectivity index is 2.03. The van der Waals surface area contributed by atoms with Crippen molar-refractivity contribution in [3.63, 3.8) is 0 Å². The number of anilines is 1. The van der Waals surface area contributed by atoms with Crippen molar-refractivity contribution in [3.05, 3.63) is 28.7 Å². The van der Waals surface area contributed by atoms with Gasteiger partial charge in [0.25, 0.3) is 0 Å². The average Bonchev–Trinajstić information content (AvgIpc) is 2.81. The van der Waals surface area contributed by atoms with E-state index in [1.54, 1.807) is 4.90 Å². The van der Waals surface area contributed by atoms with Crippen LogP contribution in [0.3, 0.4) is 0 Å². The zero-order valence-corrected chi connectivity index (χ0v) is 13.3. The molecule has 20 heavy (non-hydrogen) atoms. The highest BCUT2D eigenvalue weighted by Gasteiger charge is 2.35. The second-order valence-electron chi connectivity index (χ2n) is 5.20. The van der Waals surface area contributed by atoms with Crippen LogP contribution in [-0.2, 0) is 9.59 Å². The Morgan fingerprint density at radius 2 is 2.10 bits per heavy atom. The topological polar surface area (TPSA) is 49.4 Å². The van der Waals surface area contributed by atoms with Crippen LogP contribution in [0.15, 0.2) is 28.7 Å². The first-order chi connectivity index (χ1) is 9.51. The van der Waals surface area contributed by atoms with Crippen LogP contribution in [0.2, 0.25) is 0 Å². The Hall–Kier alpha value is -1.36. The van der Waals surface area contributed by atoms with Gasteiger partial charge < -0.3 is 10.2 Å². The Morgan fingerprint density at radius 1 is 1.45 bits per heavy atom. The van der Waals surface area contributed by atoms with Crippen LogP contribution >= 0.6 is 15.9 Å². The first kappa shape index (κ1) is 15.0. The van der Waals surface area contributed by atoms with Crippen molar-refractivity contribution >= 4 is 33.4 Å². The molecule has 1 aromatic carbocycles. The van der Waals surface area contributed by atoms with Crippen LogP contribution in [0.1, 0.15) is 26.7 Å². The molecule has 1 aliphatic heterocycles. The molecule has 0 saturated carbocycles. The monoisotopic (exact) mass is 338 g/mol. The molecule has 5 heteroatoms. The van der Waals surface area contributed by atoms with E-state index in [1.807, 2.05) is 38.1 Å². The number of hydrogen-bond acceptors (Lipinski definition) is 2. The lowest BCUT2D eigenvalue weighted by Gasteiger charge is -2.18. The molecule has 2 atom stereocenters. The molecule has 4 nitrogen and oxygen atoms in total. The van der Waals surface area contributed by atoms with Gasteiger partial charge in [-0.3, -0.25) is 9.59 Å². The van der Waals surface area contributed by atoms with Crippen LogP contribution in [0, 0.1) is 5.92 Å². The van der Waals surface area contributed by atoms with E-state index in [-0.39, 0.29) is 23.8 Å². The maximum atomic E-state index is 12.1. The summed E-state index contributed by atoms with van der Waals surface area (Å²) in [6.45, 7) is 4.46. The fraction of sp³-hybridized carbons (Fsp3) is 0.467. The van der Waals surface area contributed by atoms with Gasteiger partial charge in [-0.15, -0.1) is 0 Å². The molecule has 0 spiro atoms. The van der Waals surface area contributed by atoms with Crippen LogP contribution in [0.4, 0.5) is 5.69 Å². The van der Waals surface area contributed by atoms with E-state index in [1.165, 1.54) is 0 Å². The number of carbonyl (C=O) groups is 2. The minimum absolute atomic E-state index is 0.0108. The van der Waals surface area contributed by atoms with Gasteiger partial charge in [-0.2, -0.15) is 0 Å². The highest BCUT2D eigenvalue weighted by molar-refractivity contribution is 9.10. The third kappa shape index (κ3) is 3.39. The first-order valence-electron chi connectivity index (χ1n) is 6.87. The third-order valence-corrected chi connectivity index (χ3v) is 4.16. The molecule has 108 valence electrons. The minimum Gasteiger partial charge on any atom is -0.353 e. The Bertz CT molecular complexity index is 501. The van der Waals surface area contributed by atoms with Crippen LogP contribution in [-0.4, -0.2) is 24.4 Å². The summed E-state index contributed by atoms with van der Waals surface area (Å²) in [6.07, 6.45) is 1.18. The predicted octanol–water partition coefficient (Wildman–Crippen LogP) is 2.72. The van der Waals surface area contributed by atoms with Gasteiger partial charge in [0.1, 0.15) is 0 Å². The number of benzene rings is 1. The number of nitrogens with one attached hydrogen (secondary N) is 1. The summed E-state index contributed by atoms with van der Waals surface area (Å²) >= 11 is 3.37. The van der Waals surface area contributed by atoms with E-state index in [0.717, 1.165) is 16.6 Å². The molecule has 1 aliphatic rings. The van der Waals surface area contributed by atoms with Crippen molar-refractivity contribution in [2.24, 2.45) is 5.92 Å². The molecule has 0 unspecified atom stereocenters. The van der Waals surface area contributed by atoms with Gasteiger partial charge in [0.2, 0.25) is 11.8 Å². The Morgan fingerprint density at radius 3 is 2.70 bits per heavy atom. The summed E-state index contributed by atoms with van der Waals surface area (Å²) in [5.41, 5.74) is 0.844. The molecule has 1 N–H and O–H groups in total. The summed E-state index contributed by atoms with van der Waals surface area (Å²) in [7, 11) is 0. The van der Waals surface area contributed by atoms with Crippen LogP contribution in [0.5, 0.6) is 0 Å². The number of rotatable bonds is 4. The molecule has 0 radical (unpaired) electrons. The molecule has 2 rings (SSSR count). The average molecular weight is 339 g/mol. The summed E-state index contributed by atoms with van der Waals surface area (Å²) in [5.74, 6) is -0.260. The second-order valence-corrected chi connectivity index (χ2v) is 6.12. The SMILES string of the molecule is CC[C@@H](C)NC(=O)[C@H]1CC(=O)N(c2ccc(Br)cc2)C1. The summed E-state index contributed by atoms with van der Waals surface area (Å²) < 4.78 is 0.971. The van der Waals surface area contributed by atoms with Crippen molar-refractivity contribution in [1.29, 1.82) is 0 Å². The molecule has 0 aliphatic carbocycles. The van der Waals surface area contributed by atoms with Crippen molar-refractivity contribution in [1.82, 2.24) is 5.32 Å². The molecular weight excluding hydrogens is 320 g/mol. The first-order valence-corrected chi connectivity index (χ1v) is 7.67. The lowest BCUT2D eigenvalue weighted by atomic mass is 10.1. The smallest absolute Gasteiger partial charge is 0.227 e. The fourth-order valence-electron chi connectivity index (χ4n) is 2.22. The molecular formula is C15H19BrN2O2. The van der Waals surface area contributed by atoms with E-state index in [0.29, 0.717) is 13.0 Å². The zero-order chi connectivity index (χ0) is 14.7. The molecule has 0 aromatic heterocycles. The highest BCUT2D eigenvalue weighted by atomic mass is 79.9. The standard InChI is InChI=1S/C15H19BrN2O2/c1-3-10(2)17-15(20)11-8-14(19)18(9-11)13-6-4-12(16)5-7-13/h4-7,10-11H,3,8-9H2,1-2H3,(H,17,20)/t10-,11+/m1/s1. The van der Waals surface area contributed by atoms with Crippen LogP contribution < -0.4 is 10.2 Å². The second kappa shape index (κ2) is 6.39. The number of amides is 2. The maximum absolute atomic E-state index is 12.1. The van der Waals surface area contributed by atoms with Gasteiger partial charge in [0, 0.05) is 29.2 Å². The van der Waals surface area contributed by atoms with Gasteiger partial charge >= 0.3 is 0 Å². The van der Waals surface area contributed by atoms with E-state index in [9.17, 15) is 9.59 Å². The molecule has 0 bridgehead atoms. The Labute approximate surface area is 127 Å². The summed E-state index contributed by atoms with van der Waals surface area (Å²) in [5, 5.41) is 2.95. The number of halogens is 1. The third-order valence-electron chi connectivity index (χ3n) is 3.64. The summed E-state index contributed by atoms with van der Waals surface area (Å²) in [4.78, 5) is 25.8. The molecule has 1 saturated heterocycles. The predicted molar refractivity (Wildman–Crippen MR) is 82.5 cm³/mol. The summed E-state index contributed by atoms with van der Waals surface area (Å²) in [6, 6.07) is 7.72. The van der Waals surface area contributed by atoms with Gasteiger partial charge in [-0.25, -0.2) is 0 Å². The van der Waals surface area contributed by atoms with Crippen LogP contribution in [0.25, 0.3) is 0 Å². The molecule has 1 fully saturated rings. The number of carbonyl (C=O) groups excluding carboxylic acids is 2. The fourth-order valence-corrected chi connectivity index (χ4v) is 2.48. The lowest BCUT2D eigenvalue weighted by molar-refractivity contribution is -0.126. The molecule has 1 aromatic rings. The van der Waals surface area contributed by atoms with E-state index in [4.69, 9.17) is 0 Å². The highest BCUT2D eigenvalue weighted by Crippen LogP contribution is 2.26. The Kier molecular flexibility index (Phi) is 4.81. The molecule has 1 heterocycles. The van der Waals surface area contributed by atoms with Gasteiger partial charge in [-0.1, -0.05) is 22.9 Å².